The Labute approximate surface area is 120 Å². The minimum Gasteiger partial charge on any atom is -0.458 e. The van der Waals surface area contributed by atoms with Crippen molar-refractivity contribution in [2.75, 3.05) is 19.8 Å². The first-order valence-corrected chi connectivity index (χ1v) is 6.80. The Kier molecular flexibility index (Phi) is 5.02. The van der Waals surface area contributed by atoms with Crippen LogP contribution in [0.5, 0.6) is 0 Å². The second-order valence-electron chi connectivity index (χ2n) is 6.80. The summed E-state index contributed by atoms with van der Waals surface area (Å²) in [6.07, 6.45) is -0.517. The zero-order valence-corrected chi connectivity index (χ0v) is 13.2. The predicted molar refractivity (Wildman–Crippen MR) is 73.4 cm³/mol. The first kappa shape index (κ1) is 16.8. The second-order valence-corrected chi connectivity index (χ2v) is 6.80. The van der Waals surface area contributed by atoms with Gasteiger partial charge in [-0.05, 0) is 41.5 Å². The predicted octanol–water partition coefficient (Wildman–Crippen LogP) is 1.96. The van der Waals surface area contributed by atoms with E-state index in [2.05, 4.69) is 0 Å². The maximum Gasteiger partial charge on any atom is 0.411 e. The molecule has 0 N–H and O–H groups in total. The summed E-state index contributed by atoms with van der Waals surface area (Å²) in [4.78, 5) is 25.7. The molecule has 6 nitrogen and oxygen atoms in total. The van der Waals surface area contributed by atoms with Gasteiger partial charge in [-0.25, -0.2) is 9.59 Å². The van der Waals surface area contributed by atoms with Gasteiger partial charge in [-0.3, -0.25) is 4.90 Å². The molecule has 1 atom stereocenters. The molecule has 1 fully saturated rings. The summed E-state index contributed by atoms with van der Waals surface area (Å²) in [5, 5.41) is 0. The van der Waals surface area contributed by atoms with Crippen LogP contribution in [0, 0.1) is 0 Å². The first-order valence-electron chi connectivity index (χ1n) is 6.80. The zero-order chi connectivity index (χ0) is 15.6. The Bertz CT molecular complexity index is 331. The third-order valence-corrected chi connectivity index (χ3v) is 2.44. The summed E-state index contributed by atoms with van der Waals surface area (Å²) in [5.74, 6) is -0.469. The number of amides is 1. The van der Waals surface area contributed by atoms with Crippen LogP contribution < -0.4 is 0 Å². The molecular weight excluding hydrogens is 262 g/mol. The van der Waals surface area contributed by atoms with Crippen LogP contribution >= 0.6 is 0 Å². The number of nitrogens with zero attached hydrogens (tertiary/aromatic N) is 1. The molecule has 0 aliphatic carbocycles. The highest BCUT2D eigenvalue weighted by atomic mass is 16.6. The molecule has 20 heavy (non-hydrogen) atoms. The fraction of sp³-hybridized carbons (Fsp3) is 0.857. The standard InChI is InChI=1S/C14H25NO5/c1-13(2,3)19-11(16)10-9-18-8-7-15(10)12(17)20-14(4,5)6/h10H,7-9H2,1-6H3. The van der Waals surface area contributed by atoms with Crippen molar-refractivity contribution < 1.29 is 23.8 Å². The Morgan fingerprint density at radius 2 is 1.60 bits per heavy atom. The number of hydrogen-bond acceptors (Lipinski definition) is 5. The van der Waals surface area contributed by atoms with Gasteiger partial charge in [-0.2, -0.15) is 0 Å². The average Bonchev–Trinajstić information content (AvgIpc) is 2.24. The van der Waals surface area contributed by atoms with Crippen LogP contribution in [-0.2, 0) is 19.0 Å². The van der Waals surface area contributed by atoms with Gasteiger partial charge in [-0.1, -0.05) is 0 Å². The third-order valence-electron chi connectivity index (χ3n) is 2.44. The Morgan fingerprint density at radius 3 is 2.10 bits per heavy atom. The minimum absolute atomic E-state index is 0.133. The lowest BCUT2D eigenvalue weighted by molar-refractivity contribution is -0.166. The zero-order valence-electron chi connectivity index (χ0n) is 13.2. The highest BCUT2D eigenvalue weighted by Gasteiger charge is 2.37. The van der Waals surface area contributed by atoms with Gasteiger partial charge in [0.1, 0.15) is 11.2 Å². The van der Waals surface area contributed by atoms with E-state index in [1.807, 2.05) is 0 Å². The van der Waals surface area contributed by atoms with Gasteiger partial charge < -0.3 is 14.2 Å². The van der Waals surface area contributed by atoms with Crippen molar-refractivity contribution in [3.8, 4) is 0 Å². The molecule has 0 radical (unpaired) electrons. The van der Waals surface area contributed by atoms with Crippen LogP contribution in [0.3, 0.4) is 0 Å². The second kappa shape index (κ2) is 5.99. The largest absolute Gasteiger partial charge is 0.458 e. The summed E-state index contributed by atoms with van der Waals surface area (Å²) in [6.45, 7) is 11.5. The van der Waals surface area contributed by atoms with Gasteiger partial charge >= 0.3 is 12.1 Å². The smallest absolute Gasteiger partial charge is 0.411 e. The van der Waals surface area contributed by atoms with Crippen molar-refractivity contribution in [1.29, 1.82) is 0 Å². The molecule has 0 saturated carbocycles. The first-order chi connectivity index (χ1) is 8.99. The van der Waals surface area contributed by atoms with Crippen molar-refractivity contribution in [1.82, 2.24) is 4.90 Å². The van der Waals surface area contributed by atoms with E-state index in [4.69, 9.17) is 14.2 Å². The highest BCUT2D eigenvalue weighted by molar-refractivity contribution is 5.82. The van der Waals surface area contributed by atoms with E-state index >= 15 is 0 Å². The number of carbonyl (C=O) groups excluding carboxylic acids is 2. The Morgan fingerprint density at radius 1 is 1.05 bits per heavy atom. The molecule has 0 aromatic heterocycles. The minimum atomic E-state index is -0.752. The fourth-order valence-corrected chi connectivity index (χ4v) is 1.71. The molecule has 1 amide bonds. The SMILES string of the molecule is CC(C)(C)OC(=O)C1COCCN1C(=O)OC(C)(C)C. The van der Waals surface area contributed by atoms with E-state index in [0.29, 0.717) is 13.2 Å². The van der Waals surface area contributed by atoms with Crippen molar-refractivity contribution >= 4 is 12.1 Å². The van der Waals surface area contributed by atoms with Gasteiger partial charge in [-0.15, -0.1) is 0 Å². The summed E-state index contributed by atoms with van der Waals surface area (Å²) < 4.78 is 15.9. The van der Waals surface area contributed by atoms with Crippen molar-refractivity contribution in [3.63, 3.8) is 0 Å². The topological polar surface area (TPSA) is 65.1 Å². The van der Waals surface area contributed by atoms with Gasteiger partial charge in [0, 0.05) is 6.54 Å². The van der Waals surface area contributed by atoms with E-state index in [-0.39, 0.29) is 6.61 Å². The summed E-state index contributed by atoms with van der Waals surface area (Å²) in [6, 6.07) is -0.752. The Hall–Kier alpha value is -1.30. The molecule has 116 valence electrons. The molecule has 0 spiro atoms. The summed E-state index contributed by atoms with van der Waals surface area (Å²) >= 11 is 0. The molecular formula is C14H25NO5. The molecule has 1 saturated heterocycles. The number of hydrogen-bond donors (Lipinski definition) is 0. The van der Waals surface area contributed by atoms with E-state index in [9.17, 15) is 9.59 Å². The monoisotopic (exact) mass is 287 g/mol. The molecule has 1 aliphatic rings. The summed E-state index contributed by atoms with van der Waals surface area (Å²) in [7, 11) is 0. The van der Waals surface area contributed by atoms with Crippen molar-refractivity contribution in [2.24, 2.45) is 0 Å². The van der Waals surface area contributed by atoms with Gasteiger partial charge in [0.05, 0.1) is 13.2 Å². The third kappa shape index (κ3) is 5.36. The van der Waals surface area contributed by atoms with Crippen LogP contribution in [-0.4, -0.2) is 54.0 Å². The number of rotatable bonds is 1. The van der Waals surface area contributed by atoms with Crippen LogP contribution in [0.2, 0.25) is 0 Å². The van der Waals surface area contributed by atoms with Crippen LogP contribution in [0.15, 0.2) is 0 Å². The van der Waals surface area contributed by atoms with Crippen LogP contribution in [0.1, 0.15) is 41.5 Å². The molecule has 1 aliphatic heterocycles. The maximum atomic E-state index is 12.1. The lowest BCUT2D eigenvalue weighted by Gasteiger charge is -2.36. The van der Waals surface area contributed by atoms with E-state index in [1.165, 1.54) is 4.90 Å². The highest BCUT2D eigenvalue weighted by Crippen LogP contribution is 2.17. The van der Waals surface area contributed by atoms with Gasteiger partial charge in [0.25, 0.3) is 0 Å². The molecule has 1 unspecified atom stereocenters. The van der Waals surface area contributed by atoms with E-state index in [0.717, 1.165) is 0 Å². The summed E-state index contributed by atoms with van der Waals surface area (Å²) in [5.41, 5.74) is -1.21. The molecule has 0 aromatic carbocycles. The fourth-order valence-electron chi connectivity index (χ4n) is 1.71. The lowest BCUT2D eigenvalue weighted by Crippen LogP contribution is -2.55. The van der Waals surface area contributed by atoms with E-state index in [1.54, 1.807) is 41.5 Å². The molecule has 0 aromatic rings. The molecule has 1 rings (SSSR count). The van der Waals surface area contributed by atoms with E-state index < -0.39 is 29.3 Å². The van der Waals surface area contributed by atoms with Gasteiger partial charge in [0.15, 0.2) is 6.04 Å². The number of esters is 1. The lowest BCUT2D eigenvalue weighted by atomic mass is 10.1. The number of ether oxygens (including phenoxy) is 3. The Balaban J connectivity index is 2.76. The maximum absolute atomic E-state index is 12.1. The van der Waals surface area contributed by atoms with Crippen LogP contribution in [0.25, 0.3) is 0 Å². The van der Waals surface area contributed by atoms with Crippen molar-refractivity contribution in [2.45, 2.75) is 58.8 Å². The normalized spacial score (nSPS) is 20.5. The van der Waals surface area contributed by atoms with Crippen molar-refractivity contribution in [3.05, 3.63) is 0 Å². The van der Waals surface area contributed by atoms with Gasteiger partial charge in [0.2, 0.25) is 0 Å². The quantitative estimate of drug-likeness (QED) is 0.690. The number of carbonyl (C=O) groups is 2. The van der Waals surface area contributed by atoms with Crippen LogP contribution in [0.4, 0.5) is 4.79 Å². The molecule has 1 heterocycles. The number of morpholine rings is 1. The molecule has 6 heteroatoms. The molecule has 0 bridgehead atoms. The average molecular weight is 287 g/mol.